The van der Waals surface area contributed by atoms with E-state index in [1.807, 2.05) is 36.4 Å². The second-order valence-corrected chi connectivity index (χ2v) is 12.1. The van der Waals surface area contributed by atoms with Crippen molar-refractivity contribution in [3.63, 3.8) is 0 Å². The van der Waals surface area contributed by atoms with Crippen molar-refractivity contribution in [1.82, 2.24) is 0 Å². The maximum absolute atomic E-state index is 14.0. The highest BCUT2D eigenvalue weighted by molar-refractivity contribution is 6.52. The third-order valence-corrected chi connectivity index (χ3v) is 9.48. The molecule has 3 aliphatic rings. The molecule has 10 nitrogen and oxygen atoms in total. The van der Waals surface area contributed by atoms with Crippen LogP contribution in [-0.4, -0.2) is 60.7 Å². The van der Waals surface area contributed by atoms with Gasteiger partial charge in [0.15, 0.2) is 6.04 Å². The topological polar surface area (TPSA) is 148 Å². The summed E-state index contributed by atoms with van der Waals surface area (Å²) in [6.45, 7) is 3.66. The number of hydrogen-bond acceptors (Lipinski definition) is 10. The van der Waals surface area contributed by atoms with Crippen LogP contribution in [0.5, 0.6) is 0 Å². The SMILES string of the molecule is CCOC(=O)C1Cc2cccc3/c(=C4/C(=O)C(c5ccc6c7c(cccc57)CC(C=O)C(C=O)N6)=C4O)ccc(c23)=NC1C(=O)OCC. The lowest BCUT2D eigenvalue weighted by Crippen LogP contribution is -2.37. The summed E-state index contributed by atoms with van der Waals surface area (Å²) in [7, 11) is 0. The minimum Gasteiger partial charge on any atom is -0.506 e. The Balaban J connectivity index is 1.40. The summed E-state index contributed by atoms with van der Waals surface area (Å²) >= 11 is 0. The number of aldehydes is 2. The fourth-order valence-electron chi connectivity index (χ4n) is 7.28. The molecule has 0 saturated carbocycles. The van der Waals surface area contributed by atoms with Crippen molar-refractivity contribution in [2.75, 3.05) is 18.5 Å². The van der Waals surface area contributed by atoms with E-state index in [9.17, 15) is 29.1 Å². The van der Waals surface area contributed by atoms with Crippen LogP contribution >= 0.6 is 0 Å². The summed E-state index contributed by atoms with van der Waals surface area (Å²) in [6.07, 6.45) is 2.04. The lowest BCUT2D eigenvalue weighted by molar-refractivity contribution is -0.156. The van der Waals surface area contributed by atoms with Gasteiger partial charge in [0.05, 0.1) is 41.7 Å². The van der Waals surface area contributed by atoms with Crippen LogP contribution in [0.15, 0.2) is 71.4 Å². The second-order valence-electron chi connectivity index (χ2n) is 12.1. The van der Waals surface area contributed by atoms with Crippen LogP contribution in [0.3, 0.4) is 0 Å². The molecule has 0 aromatic heterocycles. The van der Waals surface area contributed by atoms with Gasteiger partial charge < -0.3 is 29.5 Å². The van der Waals surface area contributed by atoms with E-state index in [1.54, 1.807) is 38.1 Å². The molecule has 242 valence electrons. The first-order valence-electron chi connectivity index (χ1n) is 16.0. The van der Waals surface area contributed by atoms with Gasteiger partial charge >= 0.3 is 11.9 Å². The monoisotopic (exact) mass is 644 g/mol. The summed E-state index contributed by atoms with van der Waals surface area (Å²) in [5.74, 6) is -3.12. The maximum atomic E-state index is 14.0. The van der Waals surface area contributed by atoms with Crippen LogP contribution in [0.25, 0.3) is 32.7 Å². The van der Waals surface area contributed by atoms with Crippen molar-refractivity contribution in [2.45, 2.75) is 38.8 Å². The molecule has 2 heterocycles. The van der Waals surface area contributed by atoms with Crippen molar-refractivity contribution in [3.05, 3.63) is 93.7 Å². The zero-order valence-electron chi connectivity index (χ0n) is 26.3. The fraction of sp³-hybridized carbons (Fsp3) is 0.263. The summed E-state index contributed by atoms with van der Waals surface area (Å²) in [6, 6.07) is 16.2. The van der Waals surface area contributed by atoms with Gasteiger partial charge in [-0.15, -0.1) is 0 Å². The minimum absolute atomic E-state index is 0.129. The molecule has 0 spiro atoms. The molecule has 10 heteroatoms. The zero-order chi connectivity index (χ0) is 33.7. The normalized spacial score (nSPS) is 22.5. The molecular formula is C38H32N2O8. The molecule has 0 fully saturated rings. The zero-order valence-corrected chi connectivity index (χ0v) is 26.3. The predicted molar refractivity (Wildman–Crippen MR) is 178 cm³/mol. The molecule has 0 radical (unpaired) electrons. The van der Waals surface area contributed by atoms with Gasteiger partial charge in [-0.1, -0.05) is 48.5 Å². The van der Waals surface area contributed by atoms with Gasteiger partial charge in [-0.2, -0.15) is 0 Å². The van der Waals surface area contributed by atoms with E-state index in [4.69, 9.17) is 14.5 Å². The van der Waals surface area contributed by atoms with Gasteiger partial charge in [-0.05, 0) is 71.5 Å². The number of ketones is 1. The molecule has 0 saturated heterocycles. The highest BCUT2D eigenvalue weighted by Gasteiger charge is 2.40. The van der Waals surface area contributed by atoms with E-state index >= 15 is 0 Å². The van der Waals surface area contributed by atoms with E-state index in [2.05, 4.69) is 5.32 Å². The third-order valence-electron chi connectivity index (χ3n) is 9.48. The number of benzene rings is 4. The van der Waals surface area contributed by atoms with E-state index < -0.39 is 35.9 Å². The molecule has 7 rings (SSSR count). The van der Waals surface area contributed by atoms with Gasteiger partial charge in [0.1, 0.15) is 18.3 Å². The Morgan fingerprint density at radius 1 is 0.854 bits per heavy atom. The number of hydrogen-bond donors (Lipinski definition) is 2. The highest BCUT2D eigenvalue weighted by Crippen LogP contribution is 2.43. The summed E-state index contributed by atoms with van der Waals surface area (Å²) in [5, 5.41) is 18.6. The molecule has 4 unspecified atom stereocenters. The van der Waals surface area contributed by atoms with Crippen molar-refractivity contribution in [3.8, 4) is 0 Å². The van der Waals surface area contributed by atoms with Crippen molar-refractivity contribution < 1.29 is 38.6 Å². The number of esters is 2. The number of nitrogens with zero attached hydrogens (tertiary/aromatic N) is 1. The quantitative estimate of drug-likeness (QED) is 0.228. The number of carbonyl (C=O) groups excluding carboxylic acids is 5. The Hall–Kier alpha value is -5.64. The van der Waals surface area contributed by atoms with Gasteiger partial charge in [0.25, 0.3) is 0 Å². The lowest BCUT2D eigenvalue weighted by atomic mass is 9.79. The van der Waals surface area contributed by atoms with E-state index in [1.165, 1.54) is 0 Å². The molecule has 2 N–H and O–H groups in total. The molecule has 2 aliphatic heterocycles. The Morgan fingerprint density at radius 3 is 2.25 bits per heavy atom. The Morgan fingerprint density at radius 2 is 1.56 bits per heavy atom. The maximum Gasteiger partial charge on any atom is 0.331 e. The van der Waals surface area contributed by atoms with Crippen LogP contribution in [-0.2, 0) is 46.3 Å². The average Bonchev–Trinajstić information content (AvgIpc) is 3.37. The van der Waals surface area contributed by atoms with Crippen molar-refractivity contribution in [1.29, 1.82) is 0 Å². The van der Waals surface area contributed by atoms with Crippen LogP contribution < -0.4 is 15.9 Å². The first-order chi connectivity index (χ1) is 23.3. The van der Waals surface area contributed by atoms with E-state index in [0.29, 0.717) is 44.4 Å². The number of Topliss-reactive ketones (excluding diaryl/α,β-unsaturated/α-hetero) is 1. The highest BCUT2D eigenvalue weighted by atomic mass is 16.5. The molecular weight excluding hydrogens is 612 g/mol. The number of aliphatic hydroxyl groups is 1. The third kappa shape index (κ3) is 4.78. The Labute approximate surface area is 274 Å². The number of allylic oxidation sites excluding steroid dienone is 2. The number of nitrogens with one attached hydrogen (secondary N) is 1. The number of anilines is 1. The van der Waals surface area contributed by atoms with Crippen molar-refractivity contribution >= 4 is 68.7 Å². The van der Waals surface area contributed by atoms with Crippen LogP contribution in [0.2, 0.25) is 0 Å². The molecule has 4 aromatic rings. The first-order valence-corrected chi connectivity index (χ1v) is 16.0. The largest absolute Gasteiger partial charge is 0.506 e. The Kier molecular flexibility index (Phi) is 7.87. The number of aliphatic hydroxyl groups excluding tert-OH is 1. The smallest absolute Gasteiger partial charge is 0.331 e. The van der Waals surface area contributed by atoms with Crippen LogP contribution in [0.1, 0.15) is 30.5 Å². The second kappa shape index (κ2) is 12.2. The molecule has 48 heavy (non-hydrogen) atoms. The van der Waals surface area contributed by atoms with Crippen LogP contribution in [0.4, 0.5) is 5.69 Å². The average molecular weight is 645 g/mol. The van der Waals surface area contributed by atoms with E-state index in [-0.39, 0.29) is 42.3 Å². The number of carbonyl (C=O) groups is 5. The van der Waals surface area contributed by atoms with E-state index in [0.717, 1.165) is 29.1 Å². The minimum atomic E-state index is -1.11. The first kappa shape index (κ1) is 31.0. The molecule has 4 aromatic carbocycles. The predicted octanol–water partition coefficient (Wildman–Crippen LogP) is 3.33. The molecule has 4 atom stereocenters. The standard InChI is InChI=1S/C38H32N2O8/c1-3-47-37(45)26-16-20-8-6-10-23-25(12-14-28(31(20)23)40-34(26)38(46)48-4-2)33-35(43)32(36(33)44)24-11-13-27-30-19(7-5-9-22(24)30)15-21(17-41)29(18-42)39-27/h5-14,17-18,21,26,29,34,39,43H,3-4,15-16H2,1-2H3/b33-25+. The van der Waals surface area contributed by atoms with Gasteiger partial charge in [0.2, 0.25) is 5.78 Å². The van der Waals surface area contributed by atoms with Crippen LogP contribution in [0, 0.1) is 11.8 Å². The molecule has 0 amide bonds. The summed E-state index contributed by atoms with van der Waals surface area (Å²) in [4.78, 5) is 68.4. The summed E-state index contributed by atoms with van der Waals surface area (Å²) in [5.41, 5.74) is 3.15. The molecule has 1 aliphatic carbocycles. The van der Waals surface area contributed by atoms with Gasteiger partial charge in [-0.25, -0.2) is 4.79 Å². The fourth-order valence-corrected chi connectivity index (χ4v) is 7.28. The van der Waals surface area contributed by atoms with Gasteiger partial charge in [0, 0.05) is 22.4 Å². The number of rotatable bonds is 7. The molecule has 0 bridgehead atoms. The lowest BCUT2D eigenvalue weighted by Gasteiger charge is -2.24. The van der Waals surface area contributed by atoms with Crippen molar-refractivity contribution in [2.24, 2.45) is 16.8 Å². The number of ether oxygens (including phenoxy) is 2. The van der Waals surface area contributed by atoms with Gasteiger partial charge in [-0.3, -0.25) is 14.6 Å². The Bertz CT molecular complexity index is 2210. The summed E-state index contributed by atoms with van der Waals surface area (Å²) < 4.78 is 10.6.